The van der Waals surface area contributed by atoms with E-state index in [-0.39, 0.29) is 0 Å². The summed E-state index contributed by atoms with van der Waals surface area (Å²) >= 11 is 0.410. The van der Waals surface area contributed by atoms with Crippen molar-refractivity contribution in [1.82, 2.24) is 4.98 Å². The van der Waals surface area contributed by atoms with Gasteiger partial charge in [-0.15, -0.1) is 0 Å². The number of benzene rings is 1. The summed E-state index contributed by atoms with van der Waals surface area (Å²) in [5.41, 5.74) is 5.93. The minimum atomic E-state index is 0.410. The molecule has 0 amide bonds. The predicted molar refractivity (Wildman–Crippen MR) is 83.5 cm³/mol. The van der Waals surface area contributed by atoms with E-state index in [2.05, 4.69) is 48.0 Å². The zero-order valence-corrected chi connectivity index (χ0v) is 13.8. The molecule has 20 heavy (non-hydrogen) atoms. The van der Waals surface area contributed by atoms with E-state index < -0.39 is 0 Å². The molecule has 103 valence electrons. The molecule has 3 rings (SSSR count). The SMILES string of the molecule is C[As]C1(COc2cncc(-c3cccc(C)c3)c2)CC1. The fourth-order valence-corrected chi connectivity index (χ4v) is 3.85. The van der Waals surface area contributed by atoms with Gasteiger partial charge >= 0.3 is 127 Å². The Labute approximate surface area is 127 Å². The summed E-state index contributed by atoms with van der Waals surface area (Å²) < 4.78 is 6.52. The van der Waals surface area contributed by atoms with Gasteiger partial charge in [-0.3, -0.25) is 0 Å². The number of ether oxygens (including phenoxy) is 1. The summed E-state index contributed by atoms with van der Waals surface area (Å²) in [7, 11) is 0. The van der Waals surface area contributed by atoms with Crippen molar-refractivity contribution >= 4 is 15.8 Å². The Bertz CT molecular complexity index is 607. The van der Waals surface area contributed by atoms with Gasteiger partial charge in [-0.05, 0) is 0 Å². The average molecular weight is 328 g/mol. The summed E-state index contributed by atoms with van der Waals surface area (Å²) in [4.78, 5) is 4.32. The van der Waals surface area contributed by atoms with Gasteiger partial charge in [-0.2, -0.15) is 0 Å². The molecule has 0 spiro atoms. The molecule has 0 atom stereocenters. The zero-order chi connectivity index (χ0) is 14.0. The normalized spacial score (nSPS) is 16.5. The van der Waals surface area contributed by atoms with Gasteiger partial charge < -0.3 is 0 Å². The minimum absolute atomic E-state index is 0.410. The first-order chi connectivity index (χ1) is 9.71. The van der Waals surface area contributed by atoms with Crippen LogP contribution in [0.1, 0.15) is 18.4 Å². The van der Waals surface area contributed by atoms with E-state index in [4.69, 9.17) is 4.74 Å². The van der Waals surface area contributed by atoms with E-state index in [1.165, 1.54) is 24.0 Å². The van der Waals surface area contributed by atoms with Gasteiger partial charge in [0.1, 0.15) is 0 Å². The van der Waals surface area contributed by atoms with Crippen molar-refractivity contribution in [2.45, 2.75) is 29.7 Å². The molecule has 0 bridgehead atoms. The molecule has 0 unspecified atom stereocenters. The van der Waals surface area contributed by atoms with Crippen molar-refractivity contribution in [2.24, 2.45) is 0 Å². The van der Waals surface area contributed by atoms with Gasteiger partial charge in [0.15, 0.2) is 0 Å². The molecule has 1 fully saturated rings. The van der Waals surface area contributed by atoms with Gasteiger partial charge in [0, 0.05) is 0 Å². The number of nitrogens with zero attached hydrogens (tertiary/aromatic N) is 1. The van der Waals surface area contributed by atoms with E-state index in [0.717, 1.165) is 17.9 Å². The number of hydrogen-bond acceptors (Lipinski definition) is 2. The van der Waals surface area contributed by atoms with Crippen LogP contribution in [0.15, 0.2) is 42.7 Å². The monoisotopic (exact) mass is 328 g/mol. The molecule has 1 saturated carbocycles. The standard InChI is InChI=1S/C17H19AsNO/c1-13-4-3-5-14(8-13)15-9-16(11-19-10-15)20-12-17(18-2)6-7-17/h3-5,8-11H,6-7,12H2,1-2H3. The van der Waals surface area contributed by atoms with Crippen LogP contribution < -0.4 is 4.74 Å². The van der Waals surface area contributed by atoms with Crippen molar-refractivity contribution < 1.29 is 4.74 Å². The van der Waals surface area contributed by atoms with Gasteiger partial charge in [-0.25, -0.2) is 0 Å². The van der Waals surface area contributed by atoms with E-state index in [0.29, 0.717) is 20.0 Å². The van der Waals surface area contributed by atoms with Crippen molar-refractivity contribution in [3.05, 3.63) is 48.3 Å². The number of aryl methyl sites for hydroxylation is 1. The first-order valence-corrected chi connectivity index (χ1v) is 9.78. The van der Waals surface area contributed by atoms with Crippen molar-refractivity contribution in [1.29, 1.82) is 0 Å². The Morgan fingerprint density at radius 1 is 1.20 bits per heavy atom. The average Bonchev–Trinajstić information content (AvgIpc) is 3.26. The molecular formula is C17H19AsNO. The maximum absolute atomic E-state index is 5.98. The summed E-state index contributed by atoms with van der Waals surface area (Å²) in [6, 6.07) is 10.6. The Hall–Kier alpha value is -1.27. The van der Waals surface area contributed by atoms with Gasteiger partial charge in [0.05, 0.1) is 0 Å². The molecule has 3 heteroatoms. The van der Waals surface area contributed by atoms with Crippen LogP contribution in [0.3, 0.4) is 0 Å². The van der Waals surface area contributed by atoms with Crippen LogP contribution in [0, 0.1) is 6.92 Å². The predicted octanol–water partition coefficient (Wildman–Crippen LogP) is 4.14. The van der Waals surface area contributed by atoms with Gasteiger partial charge in [0.2, 0.25) is 0 Å². The zero-order valence-electron chi connectivity index (χ0n) is 12.0. The van der Waals surface area contributed by atoms with Gasteiger partial charge in [0.25, 0.3) is 0 Å². The molecule has 2 aromatic rings. The van der Waals surface area contributed by atoms with E-state index in [1.54, 1.807) is 0 Å². The van der Waals surface area contributed by atoms with E-state index >= 15 is 0 Å². The quantitative estimate of drug-likeness (QED) is 0.770. The fraction of sp³-hybridized carbons (Fsp3) is 0.353. The summed E-state index contributed by atoms with van der Waals surface area (Å²) in [6.45, 7) is 2.97. The van der Waals surface area contributed by atoms with Crippen LogP contribution >= 0.6 is 0 Å². The second-order valence-corrected chi connectivity index (χ2v) is 8.44. The summed E-state index contributed by atoms with van der Waals surface area (Å²) in [5.74, 6) is 0.893. The Balaban J connectivity index is 1.76. The molecule has 1 aliphatic rings. The first kappa shape index (κ1) is 13.7. The Kier molecular flexibility index (Phi) is 3.85. The topological polar surface area (TPSA) is 22.1 Å². The Morgan fingerprint density at radius 3 is 2.75 bits per heavy atom. The fourth-order valence-electron chi connectivity index (χ4n) is 2.27. The molecular weight excluding hydrogens is 309 g/mol. The molecule has 1 aliphatic carbocycles. The van der Waals surface area contributed by atoms with Crippen molar-refractivity contribution in [3.8, 4) is 16.9 Å². The number of pyridine rings is 1. The van der Waals surface area contributed by atoms with Crippen molar-refractivity contribution in [3.63, 3.8) is 0 Å². The third kappa shape index (κ3) is 3.07. The number of aromatic nitrogens is 1. The number of hydrogen-bond donors (Lipinski definition) is 0. The molecule has 1 aromatic heterocycles. The van der Waals surface area contributed by atoms with Crippen LogP contribution in [0.2, 0.25) is 9.91 Å². The summed E-state index contributed by atoms with van der Waals surface area (Å²) in [6.07, 6.45) is 6.41. The second kappa shape index (κ2) is 5.61. The van der Waals surface area contributed by atoms with Crippen LogP contribution in [0.5, 0.6) is 5.75 Å². The summed E-state index contributed by atoms with van der Waals surface area (Å²) in [5, 5.41) is 0. The Morgan fingerprint density at radius 2 is 2.05 bits per heavy atom. The molecule has 1 aromatic carbocycles. The second-order valence-electron chi connectivity index (χ2n) is 5.52. The molecule has 1 heterocycles. The van der Waals surface area contributed by atoms with Crippen LogP contribution in [-0.4, -0.2) is 27.3 Å². The van der Waals surface area contributed by atoms with E-state index in [1.807, 2.05) is 12.4 Å². The number of rotatable bonds is 5. The third-order valence-corrected chi connectivity index (χ3v) is 7.07. The van der Waals surface area contributed by atoms with Gasteiger partial charge in [-0.1, -0.05) is 0 Å². The van der Waals surface area contributed by atoms with Crippen molar-refractivity contribution in [2.75, 3.05) is 6.61 Å². The van der Waals surface area contributed by atoms with E-state index in [9.17, 15) is 0 Å². The van der Waals surface area contributed by atoms with Crippen LogP contribution in [-0.2, 0) is 0 Å². The third-order valence-electron chi connectivity index (χ3n) is 3.87. The molecule has 0 aliphatic heterocycles. The van der Waals surface area contributed by atoms with Crippen LogP contribution in [0.25, 0.3) is 11.1 Å². The molecule has 2 nitrogen and oxygen atoms in total. The maximum atomic E-state index is 5.98. The first-order valence-electron chi connectivity index (χ1n) is 6.97. The van der Waals surface area contributed by atoms with Crippen LogP contribution in [0.4, 0.5) is 0 Å². The molecule has 0 saturated heterocycles. The molecule has 0 N–H and O–H groups in total. The molecule has 1 radical (unpaired) electrons.